The highest BCUT2D eigenvalue weighted by molar-refractivity contribution is 5.52. The zero-order valence-corrected chi connectivity index (χ0v) is 11.7. The Hall–Kier alpha value is -2.00. The van der Waals surface area contributed by atoms with E-state index in [2.05, 4.69) is 6.07 Å². The summed E-state index contributed by atoms with van der Waals surface area (Å²) in [7, 11) is 3.24. The maximum Gasteiger partial charge on any atom is 0.125 e. The molecule has 1 unspecified atom stereocenters. The maximum atomic E-state index is 11.2. The number of ether oxygens (including phenoxy) is 2. The third-order valence-corrected chi connectivity index (χ3v) is 4.07. The highest BCUT2D eigenvalue weighted by Gasteiger charge is 2.40. The number of benzene rings is 2. The summed E-state index contributed by atoms with van der Waals surface area (Å²) in [6.45, 7) is 0. The van der Waals surface area contributed by atoms with Gasteiger partial charge in [0.1, 0.15) is 17.1 Å². The van der Waals surface area contributed by atoms with E-state index in [9.17, 15) is 5.11 Å². The smallest absolute Gasteiger partial charge is 0.125 e. The Morgan fingerprint density at radius 2 is 1.80 bits per heavy atom. The van der Waals surface area contributed by atoms with E-state index in [1.54, 1.807) is 14.2 Å². The molecule has 0 amide bonds. The number of fused-ring (bicyclic) bond motifs is 1. The Bertz CT molecular complexity index is 636. The molecule has 20 heavy (non-hydrogen) atoms. The summed E-state index contributed by atoms with van der Waals surface area (Å²) in [4.78, 5) is 0. The van der Waals surface area contributed by atoms with Gasteiger partial charge in [0, 0.05) is 5.56 Å². The second-order valence-corrected chi connectivity index (χ2v) is 5.08. The molecular weight excluding hydrogens is 252 g/mol. The molecule has 0 spiro atoms. The lowest BCUT2D eigenvalue weighted by molar-refractivity contribution is 0.0797. The second-order valence-electron chi connectivity index (χ2n) is 5.08. The summed E-state index contributed by atoms with van der Waals surface area (Å²) in [5.41, 5.74) is 1.92. The SMILES string of the molecule is COc1ccc(OC)c(C2(O)CCc3ccccc32)c1. The average Bonchev–Trinajstić information content (AvgIpc) is 2.85. The summed E-state index contributed by atoms with van der Waals surface area (Å²) in [5.74, 6) is 1.41. The van der Waals surface area contributed by atoms with Gasteiger partial charge in [0.05, 0.1) is 14.2 Å². The lowest BCUT2D eigenvalue weighted by atomic mass is 9.87. The predicted molar refractivity (Wildman–Crippen MR) is 77.3 cm³/mol. The van der Waals surface area contributed by atoms with Crippen LogP contribution in [0.1, 0.15) is 23.1 Å². The van der Waals surface area contributed by atoms with E-state index in [1.807, 2.05) is 36.4 Å². The summed E-state index contributed by atoms with van der Waals surface area (Å²) in [5, 5.41) is 11.2. The highest BCUT2D eigenvalue weighted by atomic mass is 16.5. The second kappa shape index (κ2) is 4.84. The molecule has 0 bridgehead atoms. The molecule has 0 fully saturated rings. The average molecular weight is 270 g/mol. The van der Waals surface area contributed by atoms with E-state index < -0.39 is 5.60 Å². The molecule has 0 aromatic heterocycles. The predicted octanol–water partition coefficient (Wildman–Crippen LogP) is 2.89. The van der Waals surface area contributed by atoms with Crippen molar-refractivity contribution < 1.29 is 14.6 Å². The summed E-state index contributed by atoms with van der Waals surface area (Å²) >= 11 is 0. The number of aliphatic hydroxyl groups is 1. The summed E-state index contributed by atoms with van der Waals surface area (Å²) in [6.07, 6.45) is 1.53. The van der Waals surface area contributed by atoms with Crippen molar-refractivity contribution in [1.82, 2.24) is 0 Å². The van der Waals surface area contributed by atoms with Gasteiger partial charge in [0.2, 0.25) is 0 Å². The molecule has 0 saturated heterocycles. The van der Waals surface area contributed by atoms with Crippen molar-refractivity contribution in [3.05, 3.63) is 59.2 Å². The molecule has 3 nitrogen and oxygen atoms in total. The monoisotopic (exact) mass is 270 g/mol. The van der Waals surface area contributed by atoms with Crippen LogP contribution in [0.3, 0.4) is 0 Å². The first kappa shape index (κ1) is 13.0. The van der Waals surface area contributed by atoms with E-state index in [-0.39, 0.29) is 0 Å². The van der Waals surface area contributed by atoms with Crippen molar-refractivity contribution in [2.75, 3.05) is 14.2 Å². The molecule has 0 aliphatic heterocycles. The third-order valence-electron chi connectivity index (χ3n) is 4.07. The zero-order valence-electron chi connectivity index (χ0n) is 11.7. The fourth-order valence-corrected chi connectivity index (χ4v) is 3.01. The van der Waals surface area contributed by atoms with Crippen molar-refractivity contribution in [2.45, 2.75) is 18.4 Å². The minimum atomic E-state index is -1.00. The van der Waals surface area contributed by atoms with E-state index in [0.717, 1.165) is 23.3 Å². The van der Waals surface area contributed by atoms with Crippen LogP contribution in [-0.4, -0.2) is 19.3 Å². The standard InChI is InChI=1S/C17H18O3/c1-19-13-7-8-16(20-2)15(11-13)17(18)10-9-12-5-3-4-6-14(12)17/h3-8,11,18H,9-10H2,1-2H3. The molecule has 2 aromatic carbocycles. The number of hydrogen-bond acceptors (Lipinski definition) is 3. The molecule has 3 rings (SSSR count). The van der Waals surface area contributed by atoms with Gasteiger partial charge < -0.3 is 14.6 Å². The van der Waals surface area contributed by atoms with Crippen LogP contribution in [0.5, 0.6) is 11.5 Å². The van der Waals surface area contributed by atoms with Gasteiger partial charge in [0.15, 0.2) is 0 Å². The number of aryl methyl sites for hydroxylation is 1. The molecule has 1 atom stereocenters. The van der Waals surface area contributed by atoms with Gasteiger partial charge in [-0.15, -0.1) is 0 Å². The van der Waals surface area contributed by atoms with Gasteiger partial charge in [-0.05, 0) is 42.2 Å². The largest absolute Gasteiger partial charge is 0.497 e. The quantitative estimate of drug-likeness (QED) is 0.932. The van der Waals surface area contributed by atoms with Crippen LogP contribution < -0.4 is 9.47 Å². The van der Waals surface area contributed by atoms with Crippen molar-refractivity contribution in [3.8, 4) is 11.5 Å². The third kappa shape index (κ3) is 1.86. The molecule has 1 N–H and O–H groups in total. The van der Waals surface area contributed by atoms with Gasteiger partial charge in [-0.25, -0.2) is 0 Å². The molecule has 0 heterocycles. The fourth-order valence-electron chi connectivity index (χ4n) is 3.01. The maximum absolute atomic E-state index is 11.2. The Morgan fingerprint density at radius 1 is 1.00 bits per heavy atom. The topological polar surface area (TPSA) is 38.7 Å². The first-order valence-corrected chi connectivity index (χ1v) is 6.72. The van der Waals surface area contributed by atoms with Crippen LogP contribution in [0.25, 0.3) is 0 Å². The van der Waals surface area contributed by atoms with Gasteiger partial charge in [0.25, 0.3) is 0 Å². The molecule has 0 radical (unpaired) electrons. The Balaban J connectivity index is 2.18. The number of rotatable bonds is 3. The number of hydrogen-bond donors (Lipinski definition) is 1. The van der Waals surface area contributed by atoms with Crippen LogP contribution >= 0.6 is 0 Å². The van der Waals surface area contributed by atoms with Crippen molar-refractivity contribution in [3.63, 3.8) is 0 Å². The molecular formula is C17H18O3. The Kier molecular flexibility index (Phi) is 3.14. The van der Waals surface area contributed by atoms with Crippen molar-refractivity contribution in [1.29, 1.82) is 0 Å². The van der Waals surface area contributed by atoms with Gasteiger partial charge in [-0.2, -0.15) is 0 Å². The molecule has 104 valence electrons. The minimum Gasteiger partial charge on any atom is -0.497 e. The molecule has 0 saturated carbocycles. The van der Waals surface area contributed by atoms with E-state index in [1.165, 1.54) is 5.56 Å². The first-order chi connectivity index (χ1) is 9.69. The lowest BCUT2D eigenvalue weighted by Gasteiger charge is -2.27. The molecule has 3 heteroatoms. The Morgan fingerprint density at radius 3 is 2.55 bits per heavy atom. The van der Waals surface area contributed by atoms with E-state index in [4.69, 9.17) is 9.47 Å². The fraction of sp³-hybridized carbons (Fsp3) is 0.294. The van der Waals surface area contributed by atoms with E-state index in [0.29, 0.717) is 12.2 Å². The molecule has 2 aromatic rings. The first-order valence-electron chi connectivity index (χ1n) is 6.72. The van der Waals surface area contributed by atoms with E-state index >= 15 is 0 Å². The van der Waals surface area contributed by atoms with Crippen molar-refractivity contribution in [2.24, 2.45) is 0 Å². The highest BCUT2D eigenvalue weighted by Crippen LogP contribution is 2.46. The minimum absolute atomic E-state index is 0.663. The molecule has 1 aliphatic rings. The van der Waals surface area contributed by atoms with Crippen LogP contribution in [0.4, 0.5) is 0 Å². The summed E-state index contributed by atoms with van der Waals surface area (Å²) < 4.78 is 10.7. The number of methoxy groups -OCH3 is 2. The zero-order chi connectivity index (χ0) is 14.2. The van der Waals surface area contributed by atoms with Gasteiger partial charge in [-0.1, -0.05) is 24.3 Å². The van der Waals surface area contributed by atoms with Crippen molar-refractivity contribution >= 4 is 0 Å². The van der Waals surface area contributed by atoms with Crippen LogP contribution in [0.15, 0.2) is 42.5 Å². The van der Waals surface area contributed by atoms with Crippen LogP contribution in [0.2, 0.25) is 0 Å². The van der Waals surface area contributed by atoms with Crippen LogP contribution in [-0.2, 0) is 12.0 Å². The van der Waals surface area contributed by atoms with Gasteiger partial charge >= 0.3 is 0 Å². The van der Waals surface area contributed by atoms with Crippen LogP contribution in [0, 0.1) is 0 Å². The Labute approximate surface area is 118 Å². The van der Waals surface area contributed by atoms with Gasteiger partial charge in [-0.3, -0.25) is 0 Å². The lowest BCUT2D eigenvalue weighted by Crippen LogP contribution is -2.24. The normalized spacial score (nSPS) is 20.6. The summed E-state index contributed by atoms with van der Waals surface area (Å²) in [6, 6.07) is 13.6. The molecule has 1 aliphatic carbocycles.